The summed E-state index contributed by atoms with van der Waals surface area (Å²) in [6, 6.07) is 27.0. The van der Waals surface area contributed by atoms with Crippen LogP contribution in [0, 0.1) is 5.92 Å². The number of benzene rings is 4. The molecule has 0 aliphatic carbocycles. The molecule has 0 bridgehead atoms. The number of methoxy groups -OCH3 is 8. The molecule has 0 saturated carbocycles. The van der Waals surface area contributed by atoms with Gasteiger partial charge in [-0.05, 0) is 145 Å². The van der Waals surface area contributed by atoms with Crippen LogP contribution < -0.4 is 98.2 Å². The number of fused-ring (bicyclic) bond motifs is 4. The number of aryl methyl sites for hydroxylation is 4. The van der Waals surface area contributed by atoms with Crippen LogP contribution in [0.3, 0.4) is 0 Å². The monoisotopic (exact) mass is 1910 g/mol. The van der Waals surface area contributed by atoms with Crippen LogP contribution in [-0.4, -0.2) is 248 Å². The van der Waals surface area contributed by atoms with Crippen molar-refractivity contribution in [3.05, 3.63) is 189 Å². The van der Waals surface area contributed by atoms with Gasteiger partial charge in [0, 0.05) is 133 Å². The second-order valence-corrected chi connectivity index (χ2v) is 34.8. The molecule has 4 aromatic carbocycles. The minimum atomic E-state index is -3.57. The molecule has 8 aromatic heterocycles. The molecule has 4 saturated heterocycles. The van der Waals surface area contributed by atoms with E-state index in [1.807, 2.05) is 0 Å². The number of aromatic nitrogens is 12. The quantitative estimate of drug-likeness (QED) is 0.0183. The molecule has 43 heteroatoms. The van der Waals surface area contributed by atoms with Gasteiger partial charge in [0.1, 0.15) is 74.2 Å². The largest absolute Gasteiger partial charge is 0.497 e. The molecule has 0 spiro atoms. The van der Waals surface area contributed by atoms with Crippen molar-refractivity contribution in [3.8, 4) is 90.5 Å². The number of hydrogen-bond acceptors (Lipinski definition) is 35. The standard InChI is InChI=1S/C25H31N5O6.C23H25N5O5.C20H23N5O4.C17H17N3O5S.C5H11NO.C3H3ClO/c1-25(2,3)36-24(32)28-20-13-35-12-19(20)27-23-26-11-15-9-18(22(31)30(4)21(15)29-23)14-7-16(33-5)10-17(8-14)34-6;1-5-20(29)25-18-11-33-12-19(18)26-23-24-10-14-8-17(22(30)28(2)21(14)27-23)13-6-15(31-3)9-16(7-13)32-4;1-25-18-12(8-22-20(24-18)23-17-10-29-9-16(17)21)6-15(19(25)26)11-4-13(27-2)7-14(5-11)28-3;1-20-15-11(9-18-17(19-15)26(4,22)23)7-14(16(20)21)10-5-12(24-2)8-13(6-10)25-3;1-4-2-7-3-5(4)6;1-2-3(4)5/h7-11,19-20H,12-13H2,1-6H3,(H,28,32)(H,26,27,29);5-10,18-19H,1,11-12H2,2-4H3,(H,25,29)(H,24,26,27);4-8,16-17H,9-10,21H2,1-3H3,(H,22,23,24);5-9H,1-4H3;4-5H,2-3,6H2,1H3;2H,1H2/t19-,20+;18-,19+;16-,17+;;4-,5+;/m100.0./s1. The average molecular weight is 1910 g/mol. The number of alkyl carbamates (subject to hydrolysis) is 1. The highest BCUT2D eigenvalue weighted by Gasteiger charge is 2.34. The molecule has 0 radical (unpaired) electrons. The maximum atomic E-state index is 13.2. The first-order chi connectivity index (χ1) is 64.8. The predicted molar refractivity (Wildman–Crippen MR) is 513 cm³/mol. The van der Waals surface area contributed by atoms with Crippen LogP contribution in [0.2, 0.25) is 0 Å². The van der Waals surface area contributed by atoms with Crippen LogP contribution in [0.15, 0.2) is 171 Å². The number of ether oxygens (including phenoxy) is 13. The summed E-state index contributed by atoms with van der Waals surface area (Å²) in [5.74, 6) is 5.98. The lowest BCUT2D eigenvalue weighted by Gasteiger charge is -2.24. The summed E-state index contributed by atoms with van der Waals surface area (Å²) in [6.07, 6.45) is 9.13. The number of rotatable bonds is 23. The Balaban J connectivity index is 0.000000168. The van der Waals surface area contributed by atoms with Crippen LogP contribution in [0.25, 0.3) is 88.6 Å². The Labute approximate surface area is 787 Å². The summed E-state index contributed by atoms with van der Waals surface area (Å²) < 4.78 is 98.3. The highest BCUT2D eigenvalue weighted by molar-refractivity contribution is 7.90. The fourth-order valence-electron chi connectivity index (χ4n) is 14.3. The van der Waals surface area contributed by atoms with E-state index in [-0.39, 0.29) is 75.2 Å². The molecule has 722 valence electrons. The molecule has 41 nitrogen and oxygen atoms in total. The Morgan fingerprint density at radius 3 is 0.963 bits per heavy atom. The Kier molecular flexibility index (Phi) is 34.3. The van der Waals surface area contributed by atoms with Gasteiger partial charge in [-0.15, -0.1) is 0 Å². The molecule has 4 aliphatic heterocycles. The molecule has 8 atom stereocenters. The number of nitrogens with zero attached hydrogens (tertiary/aromatic N) is 12. The van der Waals surface area contributed by atoms with Gasteiger partial charge in [-0.1, -0.05) is 20.1 Å². The van der Waals surface area contributed by atoms with Crippen molar-refractivity contribution in [2.24, 2.45) is 45.6 Å². The van der Waals surface area contributed by atoms with Crippen molar-refractivity contribution < 1.29 is 84.4 Å². The number of allylic oxidation sites excluding steroid dienone is 1. The predicted octanol–water partition coefficient (Wildman–Crippen LogP) is 7.70. The van der Waals surface area contributed by atoms with Crippen LogP contribution >= 0.6 is 11.6 Å². The zero-order valence-corrected chi connectivity index (χ0v) is 79.8. The molecule has 9 N–H and O–H groups in total. The normalized spacial score (nSPS) is 17.5. The fourth-order valence-corrected chi connectivity index (χ4v) is 14.8. The van der Waals surface area contributed by atoms with Gasteiger partial charge in [0.15, 0.2) is 0 Å². The van der Waals surface area contributed by atoms with E-state index in [0.29, 0.717) is 193 Å². The number of hydrogen-bond donors (Lipinski definition) is 7. The Hall–Kier alpha value is -14.3. The Bertz CT molecular complexity index is 6700. The van der Waals surface area contributed by atoms with Crippen LogP contribution in [0.1, 0.15) is 27.7 Å². The highest BCUT2D eigenvalue weighted by atomic mass is 35.5. The maximum absolute atomic E-state index is 13.2. The number of nitrogens with one attached hydrogen (secondary N) is 5. The van der Waals surface area contributed by atoms with E-state index in [2.05, 4.69) is 86.5 Å². The summed E-state index contributed by atoms with van der Waals surface area (Å²) in [7, 11) is 15.4. The Morgan fingerprint density at radius 2 is 0.699 bits per heavy atom. The van der Waals surface area contributed by atoms with Gasteiger partial charge in [-0.25, -0.2) is 33.1 Å². The van der Waals surface area contributed by atoms with Gasteiger partial charge in [0.25, 0.3) is 22.2 Å². The third-order valence-corrected chi connectivity index (χ3v) is 22.8. The molecule has 4 aliphatic rings. The molecule has 0 unspecified atom stereocenters. The molecular weight excluding hydrogens is 1800 g/mol. The number of anilines is 3. The molecule has 4 fully saturated rings. The average Bonchev–Trinajstić information content (AvgIpc) is 1.16. The summed E-state index contributed by atoms with van der Waals surface area (Å²) in [4.78, 5) is 120. The molecule has 136 heavy (non-hydrogen) atoms. The number of halogens is 1. The van der Waals surface area contributed by atoms with Gasteiger partial charge in [0.2, 0.25) is 44.0 Å². The third-order valence-electron chi connectivity index (χ3n) is 21.8. The Morgan fingerprint density at radius 1 is 0.419 bits per heavy atom. The lowest BCUT2D eigenvalue weighted by molar-refractivity contribution is -0.117. The van der Waals surface area contributed by atoms with E-state index >= 15 is 0 Å². The van der Waals surface area contributed by atoms with E-state index in [4.69, 9.17) is 84.6 Å². The molecule has 12 aromatic rings. The zero-order valence-electron chi connectivity index (χ0n) is 78.2. The van der Waals surface area contributed by atoms with E-state index in [9.17, 15) is 42.0 Å². The summed E-state index contributed by atoms with van der Waals surface area (Å²) >= 11 is 4.71. The summed E-state index contributed by atoms with van der Waals surface area (Å²) in [6.45, 7) is 18.1. The van der Waals surface area contributed by atoms with Crippen LogP contribution in [0.4, 0.5) is 22.6 Å². The first kappa shape index (κ1) is 102. The number of pyridine rings is 4. The first-order valence-corrected chi connectivity index (χ1v) is 44.6. The van der Waals surface area contributed by atoms with Gasteiger partial charge in [-0.2, -0.15) is 19.9 Å². The molecule has 16 rings (SSSR count). The highest BCUT2D eigenvalue weighted by Crippen LogP contribution is 2.35. The van der Waals surface area contributed by atoms with Crippen molar-refractivity contribution in [3.63, 3.8) is 0 Å². The molecule has 2 amide bonds. The topological polar surface area (TPSA) is 509 Å². The van der Waals surface area contributed by atoms with Crippen molar-refractivity contribution in [1.82, 2.24) is 68.8 Å². The van der Waals surface area contributed by atoms with Crippen molar-refractivity contribution in [1.29, 1.82) is 0 Å². The molecule has 12 heterocycles. The number of carbonyl (C=O) groups is 3. The van der Waals surface area contributed by atoms with E-state index in [0.717, 1.165) is 30.9 Å². The maximum Gasteiger partial charge on any atom is 0.408 e. The molecular formula is C93H110ClN19O22S. The van der Waals surface area contributed by atoms with Gasteiger partial charge >= 0.3 is 6.09 Å². The van der Waals surface area contributed by atoms with E-state index < -0.39 is 26.8 Å². The number of amides is 2. The van der Waals surface area contributed by atoms with Crippen molar-refractivity contribution >= 4 is 101 Å². The SMILES string of the molecule is C=CC(=O)Cl.C=CC(=O)N[C@H]1COC[C@H]1Nc1ncc2cc(-c3cc(OC)cc(OC)c3)c(=O)n(C)c2n1.COc1cc(OC)cc(-c2cc3cnc(N[C@@H]4COC[C@@H]4N)nc3n(C)c2=O)c1.COc1cc(OC)cc(-c2cc3cnc(N[C@@H]4COC[C@@H]4NC(=O)OC(C)(C)C)nc3n(C)c2=O)c1.COc1cc(OC)cc(-c2cc3cnc(S(C)(=O)=O)nc3n(C)c2=O)c1.C[C@H]1COC[C@H]1N. The summed E-state index contributed by atoms with van der Waals surface area (Å²) in [5, 5.41) is 17.1. The van der Waals surface area contributed by atoms with Crippen LogP contribution in [-0.2, 0) is 71.3 Å². The minimum Gasteiger partial charge on any atom is -0.497 e. The van der Waals surface area contributed by atoms with Crippen LogP contribution in [0.5, 0.6) is 46.0 Å². The van der Waals surface area contributed by atoms with Crippen molar-refractivity contribution in [2.75, 3.05) is 132 Å². The third kappa shape index (κ3) is 25.6. The van der Waals surface area contributed by atoms with E-state index in [1.165, 1.54) is 51.8 Å². The summed E-state index contributed by atoms with van der Waals surface area (Å²) in [5.41, 5.74) is 16.2. The first-order valence-electron chi connectivity index (χ1n) is 42.3. The van der Waals surface area contributed by atoms with E-state index in [1.54, 1.807) is 200 Å². The zero-order chi connectivity index (χ0) is 98.7. The fraction of sp³-hybridized carbons (Fsp3) is 0.366. The smallest absolute Gasteiger partial charge is 0.408 e. The second kappa shape index (κ2) is 45.6. The van der Waals surface area contributed by atoms with Gasteiger partial charge in [-0.3, -0.25) is 47.0 Å². The number of sulfone groups is 1. The van der Waals surface area contributed by atoms with Gasteiger partial charge < -0.3 is 99.6 Å². The number of nitrogens with two attached hydrogens (primary N) is 2. The van der Waals surface area contributed by atoms with Gasteiger partial charge in [0.05, 0.1) is 146 Å². The van der Waals surface area contributed by atoms with Crippen molar-refractivity contribution in [2.45, 2.75) is 80.7 Å². The lowest BCUT2D eigenvalue weighted by atomic mass is 10.1. The second-order valence-electron chi connectivity index (χ2n) is 32.5. The number of carbonyl (C=O) groups excluding carboxylic acids is 3. The minimum absolute atomic E-state index is 0.0620. The lowest BCUT2D eigenvalue weighted by Crippen LogP contribution is -2.47.